The molecule has 0 aromatic heterocycles. The highest BCUT2D eigenvalue weighted by molar-refractivity contribution is 5.46. The van der Waals surface area contributed by atoms with Gasteiger partial charge in [0.2, 0.25) is 0 Å². The summed E-state index contributed by atoms with van der Waals surface area (Å²) in [5, 5.41) is 3.41. The maximum atomic E-state index is 12.4. The molecule has 1 heterocycles. The van der Waals surface area contributed by atoms with Gasteiger partial charge in [0.05, 0.1) is 0 Å². The van der Waals surface area contributed by atoms with Crippen molar-refractivity contribution < 1.29 is 13.5 Å². The Morgan fingerprint density at radius 2 is 2.24 bits per heavy atom. The molecule has 0 bridgehead atoms. The molecule has 0 aliphatic carbocycles. The summed E-state index contributed by atoms with van der Waals surface area (Å²) in [4.78, 5) is 0. The van der Waals surface area contributed by atoms with Gasteiger partial charge in [-0.1, -0.05) is 26.0 Å². The first-order valence-electron chi connectivity index (χ1n) is 5.94. The van der Waals surface area contributed by atoms with Crippen LogP contribution in [0.25, 0.3) is 0 Å². The largest absolute Gasteiger partial charge is 0.435 e. The van der Waals surface area contributed by atoms with Crippen LogP contribution >= 0.6 is 0 Å². The third-order valence-corrected chi connectivity index (χ3v) is 3.26. The molecule has 0 radical (unpaired) electrons. The Morgan fingerprint density at radius 1 is 1.47 bits per heavy atom. The zero-order valence-corrected chi connectivity index (χ0v) is 10.0. The fourth-order valence-corrected chi connectivity index (χ4v) is 2.49. The van der Waals surface area contributed by atoms with E-state index in [0.717, 1.165) is 24.1 Å². The molecule has 94 valence electrons. The van der Waals surface area contributed by atoms with Crippen LogP contribution < -0.4 is 10.1 Å². The average molecular weight is 241 g/mol. The normalized spacial score (nSPS) is 23.6. The number of rotatable bonds is 3. The van der Waals surface area contributed by atoms with E-state index in [4.69, 9.17) is 0 Å². The molecule has 0 amide bonds. The van der Waals surface area contributed by atoms with Gasteiger partial charge in [-0.25, -0.2) is 0 Å². The first kappa shape index (κ1) is 12.3. The molecule has 0 spiro atoms. The number of fused-ring (bicyclic) bond motifs is 1. The average Bonchev–Trinajstić information content (AvgIpc) is 2.29. The summed E-state index contributed by atoms with van der Waals surface area (Å²) in [6, 6.07) is 5.63. The van der Waals surface area contributed by atoms with E-state index in [1.165, 1.54) is 0 Å². The van der Waals surface area contributed by atoms with Crippen molar-refractivity contribution in [1.29, 1.82) is 0 Å². The fraction of sp³-hybridized carbons (Fsp3) is 0.538. The Bertz CT molecular complexity index is 395. The van der Waals surface area contributed by atoms with Crippen molar-refractivity contribution in [3.63, 3.8) is 0 Å². The van der Waals surface area contributed by atoms with E-state index < -0.39 is 6.61 Å². The van der Waals surface area contributed by atoms with Crippen molar-refractivity contribution in [3.8, 4) is 5.75 Å². The lowest BCUT2D eigenvalue weighted by atomic mass is 9.86. The van der Waals surface area contributed by atoms with E-state index in [-0.39, 0.29) is 12.0 Å². The number of nitrogens with one attached hydrogen (secondary N) is 1. The van der Waals surface area contributed by atoms with E-state index in [9.17, 15) is 8.78 Å². The van der Waals surface area contributed by atoms with Gasteiger partial charge in [0.15, 0.2) is 0 Å². The van der Waals surface area contributed by atoms with E-state index in [1.54, 1.807) is 12.1 Å². The molecule has 1 N–H and O–H groups in total. The lowest BCUT2D eigenvalue weighted by Gasteiger charge is -2.31. The number of alkyl halides is 2. The number of hydrogen-bond donors (Lipinski definition) is 1. The van der Waals surface area contributed by atoms with Crippen LogP contribution in [0.4, 0.5) is 8.78 Å². The first-order chi connectivity index (χ1) is 8.13. The lowest BCUT2D eigenvalue weighted by Crippen LogP contribution is -2.32. The Labute approximate surface area is 100.0 Å². The summed E-state index contributed by atoms with van der Waals surface area (Å²) in [7, 11) is 0. The third-order valence-electron chi connectivity index (χ3n) is 3.26. The Kier molecular flexibility index (Phi) is 3.62. The fourth-order valence-electron chi connectivity index (χ4n) is 2.49. The summed E-state index contributed by atoms with van der Waals surface area (Å²) in [5.41, 5.74) is 2.02. The number of ether oxygens (including phenoxy) is 1. The van der Waals surface area contributed by atoms with Gasteiger partial charge in [0.1, 0.15) is 5.75 Å². The van der Waals surface area contributed by atoms with E-state index in [0.29, 0.717) is 5.75 Å². The molecule has 17 heavy (non-hydrogen) atoms. The maximum absolute atomic E-state index is 12.4. The van der Waals surface area contributed by atoms with Crippen LogP contribution in [0.1, 0.15) is 43.4 Å². The van der Waals surface area contributed by atoms with Gasteiger partial charge in [-0.05, 0) is 24.0 Å². The Balaban J connectivity index is 2.42. The van der Waals surface area contributed by atoms with E-state index >= 15 is 0 Å². The zero-order chi connectivity index (χ0) is 12.4. The van der Waals surface area contributed by atoms with Crippen LogP contribution in [0.5, 0.6) is 5.75 Å². The molecule has 1 aromatic rings. The van der Waals surface area contributed by atoms with Gasteiger partial charge in [0.25, 0.3) is 0 Å². The number of hydrogen-bond acceptors (Lipinski definition) is 2. The van der Waals surface area contributed by atoms with Crippen LogP contribution in [0.3, 0.4) is 0 Å². The van der Waals surface area contributed by atoms with Gasteiger partial charge in [-0.2, -0.15) is 8.78 Å². The standard InChI is InChI=1S/C13H17F2NO/c1-3-10-9-5-4-6-11(17-13(14)15)12(9)8(2)7-16-10/h4-6,8,10,13,16H,3,7H2,1-2H3. The Morgan fingerprint density at radius 3 is 2.88 bits per heavy atom. The van der Waals surface area contributed by atoms with Crippen LogP contribution in [0, 0.1) is 0 Å². The third kappa shape index (κ3) is 2.41. The van der Waals surface area contributed by atoms with Gasteiger partial charge < -0.3 is 10.1 Å². The monoisotopic (exact) mass is 241 g/mol. The second-order valence-corrected chi connectivity index (χ2v) is 4.41. The first-order valence-corrected chi connectivity index (χ1v) is 5.94. The minimum absolute atomic E-state index is 0.197. The number of halogens is 2. The molecule has 4 heteroatoms. The van der Waals surface area contributed by atoms with E-state index in [2.05, 4.69) is 17.0 Å². The van der Waals surface area contributed by atoms with Crippen molar-refractivity contribution in [2.45, 2.75) is 38.8 Å². The summed E-state index contributed by atoms with van der Waals surface area (Å²) in [5.74, 6) is 0.521. The van der Waals surface area contributed by atoms with Gasteiger partial charge in [-0.3, -0.25) is 0 Å². The van der Waals surface area contributed by atoms with Crippen LogP contribution in [-0.4, -0.2) is 13.2 Å². The van der Waals surface area contributed by atoms with Gasteiger partial charge >= 0.3 is 6.61 Å². The number of benzene rings is 1. The highest BCUT2D eigenvalue weighted by Gasteiger charge is 2.26. The molecule has 0 fully saturated rings. The van der Waals surface area contributed by atoms with Crippen molar-refractivity contribution in [2.75, 3.05) is 6.54 Å². The molecule has 2 nitrogen and oxygen atoms in total. The Hall–Kier alpha value is -1.16. The van der Waals surface area contributed by atoms with E-state index in [1.807, 2.05) is 13.0 Å². The van der Waals surface area contributed by atoms with Gasteiger partial charge in [0, 0.05) is 18.2 Å². The molecule has 2 rings (SSSR count). The smallest absolute Gasteiger partial charge is 0.387 e. The molecule has 2 unspecified atom stereocenters. The lowest BCUT2D eigenvalue weighted by molar-refractivity contribution is -0.0507. The second-order valence-electron chi connectivity index (χ2n) is 4.41. The minimum atomic E-state index is -2.76. The highest BCUT2D eigenvalue weighted by Crippen LogP contribution is 2.38. The zero-order valence-electron chi connectivity index (χ0n) is 10.0. The summed E-state index contributed by atoms with van der Waals surface area (Å²) in [6.45, 7) is 2.15. The van der Waals surface area contributed by atoms with Crippen molar-refractivity contribution in [3.05, 3.63) is 29.3 Å². The van der Waals surface area contributed by atoms with Crippen molar-refractivity contribution in [2.24, 2.45) is 0 Å². The van der Waals surface area contributed by atoms with Crippen molar-refractivity contribution in [1.82, 2.24) is 5.32 Å². The quantitative estimate of drug-likeness (QED) is 0.875. The molecule has 0 saturated heterocycles. The molecular weight excluding hydrogens is 224 g/mol. The molecule has 0 saturated carbocycles. The summed E-state index contributed by atoms with van der Waals surface area (Å²) in [6.07, 6.45) is 0.942. The predicted octanol–water partition coefficient (Wildman–Crippen LogP) is 3.45. The van der Waals surface area contributed by atoms with Crippen LogP contribution in [-0.2, 0) is 0 Å². The maximum Gasteiger partial charge on any atom is 0.387 e. The molecule has 2 atom stereocenters. The van der Waals surface area contributed by atoms with Gasteiger partial charge in [-0.15, -0.1) is 0 Å². The topological polar surface area (TPSA) is 21.3 Å². The summed E-state index contributed by atoms with van der Waals surface area (Å²) >= 11 is 0. The predicted molar refractivity (Wildman–Crippen MR) is 62.5 cm³/mol. The highest BCUT2D eigenvalue weighted by atomic mass is 19.3. The summed E-state index contributed by atoms with van der Waals surface area (Å²) < 4.78 is 29.3. The SMILES string of the molecule is CCC1NCC(C)c2c(OC(F)F)cccc21. The van der Waals surface area contributed by atoms with Crippen LogP contribution in [0.2, 0.25) is 0 Å². The second kappa shape index (κ2) is 5.00. The molecular formula is C13H17F2NO. The minimum Gasteiger partial charge on any atom is -0.435 e. The van der Waals surface area contributed by atoms with Crippen LogP contribution in [0.15, 0.2) is 18.2 Å². The molecule has 1 aromatic carbocycles. The van der Waals surface area contributed by atoms with Crippen molar-refractivity contribution >= 4 is 0 Å². The molecule has 1 aliphatic rings. The molecule has 1 aliphatic heterocycles.